The van der Waals surface area contributed by atoms with Gasteiger partial charge in [0.2, 0.25) is 0 Å². The highest BCUT2D eigenvalue weighted by atomic mass is 79.9. The molecule has 0 amide bonds. The lowest BCUT2D eigenvalue weighted by molar-refractivity contribution is 0.497. The molecule has 1 aliphatic heterocycles. The van der Waals surface area contributed by atoms with Crippen LogP contribution in [0.25, 0.3) is 27.6 Å². The first-order valence-corrected chi connectivity index (χ1v) is 11.6. The number of hydrogen-bond donors (Lipinski definition) is 0. The van der Waals surface area contributed by atoms with Gasteiger partial charge in [-0.3, -0.25) is 4.57 Å². The summed E-state index contributed by atoms with van der Waals surface area (Å²) in [7, 11) is 0. The Bertz CT molecular complexity index is 1250. The van der Waals surface area contributed by atoms with Gasteiger partial charge in [-0.25, -0.2) is 19.3 Å². The van der Waals surface area contributed by atoms with Crippen molar-refractivity contribution in [2.24, 2.45) is 0 Å². The monoisotopic (exact) mass is 499 g/mol. The molecule has 1 atom stereocenters. The van der Waals surface area contributed by atoms with E-state index in [1.165, 1.54) is 23.5 Å². The number of hydrogen-bond acceptors (Lipinski definition) is 7. The second-order valence-electron chi connectivity index (χ2n) is 7.54. The molecule has 158 valence electrons. The third-order valence-electron chi connectivity index (χ3n) is 5.33. The molecule has 1 aliphatic rings. The lowest BCUT2D eigenvalue weighted by Crippen LogP contribution is -2.40. The van der Waals surface area contributed by atoms with E-state index >= 15 is 0 Å². The van der Waals surface area contributed by atoms with Crippen LogP contribution in [0.15, 0.2) is 40.7 Å². The molecule has 0 saturated carbocycles. The minimum atomic E-state index is -0.285. The Kier molecular flexibility index (Phi) is 5.05. The van der Waals surface area contributed by atoms with Gasteiger partial charge in [-0.05, 0) is 60.5 Å². The second kappa shape index (κ2) is 7.76. The number of anilines is 1. The second-order valence-corrected chi connectivity index (χ2v) is 9.81. The van der Waals surface area contributed by atoms with E-state index < -0.39 is 0 Å². The Balaban J connectivity index is 1.69. The summed E-state index contributed by atoms with van der Waals surface area (Å²) in [5.41, 5.74) is 2.39. The van der Waals surface area contributed by atoms with Crippen LogP contribution in [0, 0.1) is 5.82 Å². The predicted molar refractivity (Wildman–Crippen MR) is 122 cm³/mol. The molecule has 0 bridgehead atoms. The van der Waals surface area contributed by atoms with Crippen LogP contribution in [0.4, 0.5) is 10.2 Å². The Labute approximate surface area is 191 Å². The van der Waals surface area contributed by atoms with Crippen molar-refractivity contribution >= 4 is 33.1 Å². The van der Waals surface area contributed by atoms with E-state index in [-0.39, 0.29) is 17.9 Å². The van der Waals surface area contributed by atoms with Crippen molar-refractivity contribution in [1.29, 1.82) is 0 Å². The van der Waals surface area contributed by atoms with Crippen LogP contribution in [0.1, 0.15) is 39.1 Å². The molecule has 10 heteroatoms. The average molecular weight is 500 g/mol. The molecule has 0 aliphatic carbocycles. The fourth-order valence-corrected chi connectivity index (χ4v) is 5.42. The largest absolute Gasteiger partial charge is 0.342 e. The number of halogens is 2. The van der Waals surface area contributed by atoms with Crippen molar-refractivity contribution in [3.63, 3.8) is 0 Å². The van der Waals surface area contributed by atoms with Crippen LogP contribution in [-0.4, -0.2) is 35.8 Å². The molecule has 4 heterocycles. The maximum Gasteiger partial charge on any atom is 0.174 e. The molecule has 4 aromatic rings. The number of thiazole rings is 1. The maximum atomic E-state index is 13.4. The van der Waals surface area contributed by atoms with Gasteiger partial charge in [0.15, 0.2) is 21.4 Å². The molecule has 0 spiro atoms. The highest BCUT2D eigenvalue weighted by molar-refractivity contribution is 9.11. The summed E-state index contributed by atoms with van der Waals surface area (Å²) in [4.78, 5) is 17.4. The van der Waals surface area contributed by atoms with Gasteiger partial charge >= 0.3 is 0 Å². The topological polar surface area (TPSA) is 72.6 Å². The Morgan fingerprint density at radius 2 is 1.97 bits per heavy atom. The van der Waals surface area contributed by atoms with Gasteiger partial charge in [-0.15, -0.1) is 21.5 Å². The molecular weight excluding hydrogens is 481 g/mol. The molecule has 0 unspecified atom stereocenters. The van der Waals surface area contributed by atoms with E-state index in [2.05, 4.69) is 61.8 Å². The van der Waals surface area contributed by atoms with E-state index in [9.17, 15) is 4.39 Å². The first-order chi connectivity index (χ1) is 15.0. The number of rotatable bonds is 4. The minimum Gasteiger partial charge on any atom is -0.342 e. The van der Waals surface area contributed by atoms with Crippen LogP contribution in [0.3, 0.4) is 0 Å². The summed E-state index contributed by atoms with van der Waals surface area (Å²) < 4.78 is 16.1. The van der Waals surface area contributed by atoms with Gasteiger partial charge < -0.3 is 4.90 Å². The fourth-order valence-electron chi connectivity index (χ4n) is 4.00. The Morgan fingerprint density at radius 3 is 2.68 bits per heavy atom. The molecular formula is C21H19BrFN7S. The van der Waals surface area contributed by atoms with Crippen molar-refractivity contribution in [3.05, 3.63) is 52.3 Å². The first kappa shape index (κ1) is 20.2. The van der Waals surface area contributed by atoms with Gasteiger partial charge in [0.1, 0.15) is 22.7 Å². The van der Waals surface area contributed by atoms with E-state index in [1.807, 2.05) is 10.8 Å². The smallest absolute Gasteiger partial charge is 0.174 e. The van der Waals surface area contributed by atoms with E-state index in [4.69, 9.17) is 4.98 Å². The Morgan fingerprint density at radius 1 is 1.19 bits per heavy atom. The van der Waals surface area contributed by atoms with Crippen molar-refractivity contribution in [2.75, 3.05) is 4.90 Å². The zero-order chi connectivity index (χ0) is 21.7. The average Bonchev–Trinajstić information content (AvgIpc) is 3.39. The van der Waals surface area contributed by atoms with Crippen molar-refractivity contribution in [2.45, 2.75) is 39.3 Å². The number of nitrogens with zero attached hydrogens (tertiary/aromatic N) is 7. The molecule has 0 saturated heterocycles. The molecule has 1 aromatic carbocycles. The third-order valence-corrected chi connectivity index (χ3v) is 6.83. The van der Waals surface area contributed by atoms with Crippen molar-refractivity contribution < 1.29 is 4.39 Å². The van der Waals surface area contributed by atoms with Gasteiger partial charge in [0.25, 0.3) is 0 Å². The van der Waals surface area contributed by atoms with Crippen molar-refractivity contribution in [1.82, 2.24) is 29.7 Å². The van der Waals surface area contributed by atoms with Crippen LogP contribution in [-0.2, 0) is 0 Å². The van der Waals surface area contributed by atoms with Crippen molar-refractivity contribution in [3.8, 4) is 27.6 Å². The minimum absolute atomic E-state index is 0.0718. The Hall–Kier alpha value is -2.72. The molecule has 0 radical (unpaired) electrons. The van der Waals surface area contributed by atoms with Gasteiger partial charge in [0.05, 0.1) is 17.9 Å². The zero-order valence-corrected chi connectivity index (χ0v) is 19.5. The highest BCUT2D eigenvalue weighted by Crippen LogP contribution is 2.42. The lowest BCUT2D eigenvalue weighted by Gasteiger charge is -2.39. The van der Waals surface area contributed by atoms with Gasteiger partial charge in [-0.2, -0.15) is 0 Å². The molecule has 5 rings (SSSR count). The number of fused-ring (bicyclic) bond motifs is 3. The van der Waals surface area contributed by atoms with Gasteiger partial charge in [0, 0.05) is 11.6 Å². The number of benzene rings is 1. The normalized spacial score (nSPS) is 15.3. The SMILES string of the molecule is CC[C@@H]1c2nncn2-c2cnc(-c3sc(Br)nc3-c3ccc(F)cc3)nc2N1C(C)C. The molecule has 0 fully saturated rings. The predicted octanol–water partition coefficient (Wildman–Crippen LogP) is 5.43. The van der Waals surface area contributed by atoms with E-state index in [0.29, 0.717) is 5.82 Å². The summed E-state index contributed by atoms with van der Waals surface area (Å²) in [6, 6.07) is 6.58. The number of aromatic nitrogens is 6. The molecule has 7 nitrogen and oxygen atoms in total. The third kappa shape index (κ3) is 3.34. The molecule has 0 N–H and O–H groups in total. The van der Waals surface area contributed by atoms with Crippen LogP contribution in [0.2, 0.25) is 0 Å². The highest BCUT2D eigenvalue weighted by Gasteiger charge is 2.35. The van der Waals surface area contributed by atoms with Crippen LogP contribution < -0.4 is 4.90 Å². The summed E-state index contributed by atoms with van der Waals surface area (Å²) in [6.45, 7) is 6.43. The van der Waals surface area contributed by atoms with E-state index in [0.717, 1.165) is 43.8 Å². The van der Waals surface area contributed by atoms with Crippen LogP contribution in [0.5, 0.6) is 0 Å². The molecule has 3 aromatic heterocycles. The quantitative estimate of drug-likeness (QED) is 0.372. The summed E-state index contributed by atoms with van der Waals surface area (Å²) in [5, 5.41) is 8.48. The molecule has 31 heavy (non-hydrogen) atoms. The standard InChI is InChI=1S/C21H19BrFN7S/c1-4-14-20-28-25-10-29(20)15-9-24-18(27-19(15)30(14)11(2)3)17-16(26-21(22)31-17)12-5-7-13(23)8-6-12/h5-11,14H,4H2,1-3H3/t14-/m1/s1. The summed E-state index contributed by atoms with van der Waals surface area (Å²) >= 11 is 4.94. The van der Waals surface area contributed by atoms with E-state index in [1.54, 1.807) is 18.5 Å². The zero-order valence-electron chi connectivity index (χ0n) is 17.1. The summed E-state index contributed by atoms with van der Waals surface area (Å²) in [5.74, 6) is 2.03. The van der Waals surface area contributed by atoms with Crippen LogP contribution >= 0.6 is 27.3 Å². The first-order valence-electron chi connectivity index (χ1n) is 9.96. The van der Waals surface area contributed by atoms with Gasteiger partial charge in [-0.1, -0.05) is 6.92 Å². The fraction of sp³-hybridized carbons (Fsp3) is 0.286. The summed E-state index contributed by atoms with van der Waals surface area (Å²) in [6.07, 6.45) is 4.40. The maximum absolute atomic E-state index is 13.4. The lowest BCUT2D eigenvalue weighted by atomic mass is 10.1.